The molecule has 0 radical (unpaired) electrons. The SMILES string of the molecule is Oc1cccc(C2CN3CCCC3c3ccccc32)c1. The Kier molecular flexibility index (Phi) is 2.78. The third-order valence-corrected chi connectivity index (χ3v) is 4.78. The van der Waals surface area contributed by atoms with Crippen molar-refractivity contribution < 1.29 is 5.11 Å². The summed E-state index contributed by atoms with van der Waals surface area (Å²) in [5, 5.41) is 9.77. The number of phenolic OH excluding ortho intramolecular Hbond substituents is 1. The topological polar surface area (TPSA) is 23.5 Å². The number of rotatable bonds is 1. The fourth-order valence-electron chi connectivity index (χ4n) is 3.89. The van der Waals surface area contributed by atoms with E-state index < -0.39 is 0 Å². The highest BCUT2D eigenvalue weighted by molar-refractivity contribution is 5.44. The zero-order valence-corrected chi connectivity index (χ0v) is 11.5. The summed E-state index contributed by atoms with van der Waals surface area (Å²) in [6.07, 6.45) is 2.58. The quantitative estimate of drug-likeness (QED) is 0.850. The van der Waals surface area contributed by atoms with Gasteiger partial charge < -0.3 is 5.11 Å². The molecule has 2 heteroatoms. The van der Waals surface area contributed by atoms with Crippen LogP contribution in [0.3, 0.4) is 0 Å². The fourth-order valence-corrected chi connectivity index (χ4v) is 3.89. The van der Waals surface area contributed by atoms with Crippen LogP contribution in [0.25, 0.3) is 0 Å². The van der Waals surface area contributed by atoms with E-state index in [0.29, 0.717) is 17.7 Å². The van der Waals surface area contributed by atoms with E-state index in [0.717, 1.165) is 6.54 Å². The number of benzene rings is 2. The van der Waals surface area contributed by atoms with E-state index in [1.165, 1.54) is 36.1 Å². The van der Waals surface area contributed by atoms with E-state index in [2.05, 4.69) is 35.2 Å². The molecular formula is C18H19NO. The minimum atomic E-state index is 0.364. The Morgan fingerprint density at radius 1 is 1.00 bits per heavy atom. The second-order valence-corrected chi connectivity index (χ2v) is 5.93. The molecule has 102 valence electrons. The van der Waals surface area contributed by atoms with Crippen molar-refractivity contribution in [1.82, 2.24) is 4.90 Å². The summed E-state index contributed by atoms with van der Waals surface area (Å²) >= 11 is 0. The second kappa shape index (κ2) is 4.64. The van der Waals surface area contributed by atoms with Gasteiger partial charge in [0.15, 0.2) is 0 Å². The molecule has 0 saturated carbocycles. The van der Waals surface area contributed by atoms with Gasteiger partial charge in [0.25, 0.3) is 0 Å². The molecule has 0 amide bonds. The highest BCUT2D eigenvalue weighted by atomic mass is 16.3. The Labute approximate surface area is 119 Å². The van der Waals surface area contributed by atoms with Gasteiger partial charge in [0.1, 0.15) is 5.75 Å². The standard InChI is InChI=1S/C18H19NO/c20-14-6-3-5-13(11-14)17-12-19-10-4-9-18(19)16-8-2-1-7-15(16)17/h1-3,5-8,11,17-18,20H,4,9-10,12H2. The molecule has 1 fully saturated rings. The lowest BCUT2D eigenvalue weighted by Gasteiger charge is -2.37. The number of phenols is 1. The number of nitrogens with zero attached hydrogens (tertiary/aromatic N) is 1. The van der Waals surface area contributed by atoms with E-state index in [-0.39, 0.29) is 0 Å². The van der Waals surface area contributed by atoms with Crippen molar-refractivity contribution in [3.05, 3.63) is 65.2 Å². The van der Waals surface area contributed by atoms with Crippen molar-refractivity contribution in [1.29, 1.82) is 0 Å². The van der Waals surface area contributed by atoms with E-state index in [4.69, 9.17) is 0 Å². The summed E-state index contributed by atoms with van der Waals surface area (Å²) in [4.78, 5) is 2.61. The van der Waals surface area contributed by atoms with Crippen molar-refractivity contribution in [3.8, 4) is 5.75 Å². The summed E-state index contributed by atoms with van der Waals surface area (Å²) < 4.78 is 0. The van der Waals surface area contributed by atoms with Gasteiger partial charge in [-0.3, -0.25) is 4.90 Å². The first-order valence-corrected chi connectivity index (χ1v) is 7.45. The van der Waals surface area contributed by atoms with E-state index >= 15 is 0 Å². The van der Waals surface area contributed by atoms with Crippen LogP contribution in [0.2, 0.25) is 0 Å². The largest absolute Gasteiger partial charge is 0.508 e. The number of hydrogen-bond acceptors (Lipinski definition) is 2. The van der Waals surface area contributed by atoms with Crippen LogP contribution < -0.4 is 0 Å². The molecule has 2 unspecified atom stereocenters. The molecular weight excluding hydrogens is 246 g/mol. The van der Waals surface area contributed by atoms with Gasteiger partial charge in [-0.05, 0) is 48.2 Å². The molecule has 4 rings (SSSR count). The maximum Gasteiger partial charge on any atom is 0.115 e. The molecule has 2 aliphatic rings. The predicted octanol–water partition coefficient (Wildman–Crippen LogP) is 3.67. The molecule has 2 aromatic rings. The number of fused-ring (bicyclic) bond motifs is 3. The molecule has 0 aliphatic carbocycles. The molecule has 1 saturated heterocycles. The van der Waals surface area contributed by atoms with E-state index in [1.54, 1.807) is 6.07 Å². The third-order valence-electron chi connectivity index (χ3n) is 4.78. The predicted molar refractivity (Wildman–Crippen MR) is 79.9 cm³/mol. The van der Waals surface area contributed by atoms with Gasteiger partial charge in [0.05, 0.1) is 0 Å². The number of hydrogen-bond donors (Lipinski definition) is 1. The van der Waals surface area contributed by atoms with Crippen LogP contribution in [0.5, 0.6) is 5.75 Å². The lowest BCUT2D eigenvalue weighted by molar-refractivity contribution is 0.230. The van der Waals surface area contributed by atoms with Gasteiger partial charge in [-0.25, -0.2) is 0 Å². The zero-order chi connectivity index (χ0) is 13.5. The molecule has 20 heavy (non-hydrogen) atoms. The lowest BCUT2D eigenvalue weighted by atomic mass is 9.81. The van der Waals surface area contributed by atoms with Crippen LogP contribution in [0.4, 0.5) is 0 Å². The van der Waals surface area contributed by atoms with Crippen molar-refractivity contribution >= 4 is 0 Å². The summed E-state index contributed by atoms with van der Waals surface area (Å²) in [5.41, 5.74) is 4.16. The van der Waals surface area contributed by atoms with Crippen LogP contribution in [0.15, 0.2) is 48.5 Å². The van der Waals surface area contributed by atoms with Crippen molar-refractivity contribution in [3.63, 3.8) is 0 Å². The minimum absolute atomic E-state index is 0.364. The molecule has 2 aromatic carbocycles. The van der Waals surface area contributed by atoms with Crippen LogP contribution >= 0.6 is 0 Å². The van der Waals surface area contributed by atoms with E-state index in [9.17, 15) is 5.11 Å². The average molecular weight is 265 g/mol. The monoisotopic (exact) mass is 265 g/mol. The zero-order valence-electron chi connectivity index (χ0n) is 11.5. The Morgan fingerprint density at radius 3 is 2.70 bits per heavy atom. The van der Waals surface area contributed by atoms with Gasteiger partial charge in [0.2, 0.25) is 0 Å². The van der Waals surface area contributed by atoms with Gasteiger partial charge >= 0.3 is 0 Å². The molecule has 2 heterocycles. The Hall–Kier alpha value is -1.80. The number of aromatic hydroxyl groups is 1. The third kappa shape index (κ3) is 1.83. The first-order chi connectivity index (χ1) is 9.83. The lowest BCUT2D eigenvalue weighted by Crippen LogP contribution is -2.34. The summed E-state index contributed by atoms with van der Waals surface area (Å²) in [7, 11) is 0. The van der Waals surface area contributed by atoms with Crippen LogP contribution in [0, 0.1) is 0 Å². The van der Waals surface area contributed by atoms with Crippen LogP contribution in [0.1, 0.15) is 41.5 Å². The summed E-state index contributed by atoms with van der Waals surface area (Å²) in [5.74, 6) is 0.746. The molecule has 1 N–H and O–H groups in total. The van der Waals surface area contributed by atoms with Crippen molar-refractivity contribution in [2.45, 2.75) is 24.8 Å². The molecule has 0 aromatic heterocycles. The smallest absolute Gasteiger partial charge is 0.115 e. The van der Waals surface area contributed by atoms with Gasteiger partial charge in [-0.1, -0.05) is 36.4 Å². The minimum Gasteiger partial charge on any atom is -0.508 e. The summed E-state index contributed by atoms with van der Waals surface area (Å²) in [6, 6.07) is 17.2. The molecule has 0 bridgehead atoms. The Morgan fingerprint density at radius 2 is 1.85 bits per heavy atom. The average Bonchev–Trinajstić information content (AvgIpc) is 2.95. The Bertz CT molecular complexity index is 637. The maximum atomic E-state index is 9.77. The van der Waals surface area contributed by atoms with Gasteiger partial charge in [-0.15, -0.1) is 0 Å². The molecule has 0 spiro atoms. The molecule has 2 nitrogen and oxygen atoms in total. The van der Waals surface area contributed by atoms with Gasteiger partial charge in [-0.2, -0.15) is 0 Å². The molecule has 2 aliphatic heterocycles. The van der Waals surface area contributed by atoms with Crippen molar-refractivity contribution in [2.24, 2.45) is 0 Å². The van der Waals surface area contributed by atoms with Crippen LogP contribution in [-0.2, 0) is 0 Å². The first kappa shape index (κ1) is 12.0. The second-order valence-electron chi connectivity index (χ2n) is 5.93. The van der Waals surface area contributed by atoms with E-state index in [1.807, 2.05) is 12.1 Å². The highest BCUT2D eigenvalue weighted by Crippen LogP contribution is 2.44. The molecule has 2 atom stereocenters. The Balaban J connectivity index is 1.83. The van der Waals surface area contributed by atoms with Crippen LogP contribution in [-0.4, -0.2) is 23.1 Å². The summed E-state index contributed by atoms with van der Waals surface area (Å²) in [6.45, 7) is 2.28. The maximum absolute atomic E-state index is 9.77. The fraction of sp³-hybridized carbons (Fsp3) is 0.333. The highest BCUT2D eigenvalue weighted by Gasteiger charge is 2.36. The first-order valence-electron chi connectivity index (χ1n) is 7.45. The van der Waals surface area contributed by atoms with Gasteiger partial charge in [0, 0.05) is 18.5 Å². The normalized spacial score (nSPS) is 25.2. The van der Waals surface area contributed by atoms with Crippen molar-refractivity contribution in [2.75, 3.05) is 13.1 Å².